The number of hydrogen-bond donors (Lipinski definition) is 2. The van der Waals surface area contributed by atoms with E-state index in [0.717, 1.165) is 6.26 Å². The summed E-state index contributed by atoms with van der Waals surface area (Å²) in [7, 11) is -3.31. The molecule has 118 valence electrons. The molecule has 1 heterocycles. The van der Waals surface area contributed by atoms with Crippen LogP contribution >= 0.6 is 0 Å². The van der Waals surface area contributed by atoms with E-state index >= 15 is 0 Å². The van der Waals surface area contributed by atoms with Crippen LogP contribution in [0.3, 0.4) is 0 Å². The molecule has 0 radical (unpaired) electrons. The molecule has 1 rings (SSSR count). The molecule has 0 spiro atoms. The van der Waals surface area contributed by atoms with Crippen molar-refractivity contribution in [1.29, 1.82) is 0 Å². The summed E-state index contributed by atoms with van der Waals surface area (Å²) in [5.41, 5.74) is -0.0377. The summed E-state index contributed by atoms with van der Waals surface area (Å²) in [5, 5.41) is 14.8. The highest BCUT2D eigenvalue weighted by atomic mass is 32.2. The molecule has 0 aromatic carbocycles. The van der Waals surface area contributed by atoms with Crippen LogP contribution < -0.4 is 5.32 Å². The second kappa shape index (κ2) is 6.70. The Morgan fingerprint density at radius 3 is 2.48 bits per heavy atom. The van der Waals surface area contributed by atoms with Gasteiger partial charge in [-0.2, -0.15) is 0 Å². The predicted molar refractivity (Wildman–Crippen MR) is 73.8 cm³/mol. The van der Waals surface area contributed by atoms with Crippen molar-refractivity contribution in [2.24, 2.45) is 0 Å². The number of carboxylic acid groups (broad SMARTS) is 1. The zero-order valence-electron chi connectivity index (χ0n) is 12.0. The summed E-state index contributed by atoms with van der Waals surface area (Å²) < 4.78 is 27.1. The van der Waals surface area contributed by atoms with Gasteiger partial charge in [0.15, 0.2) is 5.69 Å². The fourth-order valence-corrected chi connectivity index (χ4v) is 2.15. The van der Waals surface area contributed by atoms with Crippen molar-refractivity contribution in [3.05, 3.63) is 17.5 Å². The Balaban J connectivity index is 2.74. The summed E-state index contributed by atoms with van der Waals surface area (Å²) in [6, 6.07) is 0.126. The maximum Gasteiger partial charge on any atom is 0.326 e. The molecule has 21 heavy (non-hydrogen) atoms. The number of sulfone groups is 1. The molecular formula is C12H18N2O6S. The Morgan fingerprint density at radius 2 is 2.05 bits per heavy atom. The van der Waals surface area contributed by atoms with Gasteiger partial charge in [-0.25, -0.2) is 13.2 Å². The first-order valence-corrected chi connectivity index (χ1v) is 8.34. The molecule has 1 aromatic rings. The fraction of sp³-hybridized carbons (Fsp3) is 0.583. The number of carbonyl (C=O) groups is 2. The number of aromatic nitrogens is 1. The van der Waals surface area contributed by atoms with E-state index in [9.17, 15) is 18.0 Å². The quantitative estimate of drug-likeness (QED) is 0.745. The monoisotopic (exact) mass is 318 g/mol. The molecule has 0 aliphatic carbocycles. The van der Waals surface area contributed by atoms with E-state index in [1.54, 1.807) is 0 Å². The standard InChI is InChI=1S/C12H18N2O6S/c1-7(2)10-6-9(14-20-10)11(15)13-8(12(16)17)4-5-21(3,18)19/h6-8H,4-5H2,1-3H3,(H,13,15)(H,16,17)/t8-/m0/s1. The highest BCUT2D eigenvalue weighted by Gasteiger charge is 2.24. The molecule has 0 aliphatic heterocycles. The van der Waals surface area contributed by atoms with Gasteiger partial charge < -0.3 is 14.9 Å². The minimum absolute atomic E-state index is 0.0377. The molecule has 8 nitrogen and oxygen atoms in total. The third-order valence-electron chi connectivity index (χ3n) is 2.71. The molecule has 0 saturated heterocycles. The number of rotatable bonds is 7. The maximum atomic E-state index is 11.9. The number of amides is 1. The third-order valence-corrected chi connectivity index (χ3v) is 3.69. The van der Waals surface area contributed by atoms with Crippen LogP contribution in [0.5, 0.6) is 0 Å². The van der Waals surface area contributed by atoms with E-state index in [4.69, 9.17) is 9.63 Å². The van der Waals surface area contributed by atoms with Gasteiger partial charge >= 0.3 is 5.97 Å². The number of nitrogens with zero attached hydrogens (tertiary/aromatic N) is 1. The van der Waals surface area contributed by atoms with Gasteiger partial charge in [-0.3, -0.25) is 4.79 Å². The van der Waals surface area contributed by atoms with Crippen LogP contribution in [0.2, 0.25) is 0 Å². The van der Waals surface area contributed by atoms with E-state index < -0.39 is 27.8 Å². The van der Waals surface area contributed by atoms with Crippen molar-refractivity contribution >= 4 is 21.7 Å². The Hall–Kier alpha value is -1.90. The first kappa shape index (κ1) is 17.2. The summed E-state index contributed by atoms with van der Waals surface area (Å²) in [5.74, 6) is -1.81. The van der Waals surface area contributed by atoms with Gasteiger partial charge in [-0.1, -0.05) is 19.0 Å². The van der Waals surface area contributed by atoms with Crippen LogP contribution in [0.15, 0.2) is 10.6 Å². The largest absolute Gasteiger partial charge is 0.480 e. The zero-order valence-corrected chi connectivity index (χ0v) is 12.8. The van der Waals surface area contributed by atoms with Crippen LogP contribution in [0.4, 0.5) is 0 Å². The molecule has 0 unspecified atom stereocenters. The lowest BCUT2D eigenvalue weighted by atomic mass is 10.1. The third kappa shape index (κ3) is 5.54. The van der Waals surface area contributed by atoms with E-state index in [1.807, 2.05) is 13.8 Å². The van der Waals surface area contributed by atoms with E-state index in [2.05, 4.69) is 10.5 Å². The summed E-state index contributed by atoms with van der Waals surface area (Å²) in [6.07, 6.45) is 0.787. The van der Waals surface area contributed by atoms with Crippen molar-refractivity contribution in [2.75, 3.05) is 12.0 Å². The number of nitrogens with one attached hydrogen (secondary N) is 1. The summed E-state index contributed by atoms with van der Waals surface area (Å²) in [4.78, 5) is 22.9. The van der Waals surface area contributed by atoms with E-state index in [0.29, 0.717) is 5.76 Å². The predicted octanol–water partition coefficient (Wildman–Crippen LogP) is 0.416. The van der Waals surface area contributed by atoms with Crippen molar-refractivity contribution in [3.8, 4) is 0 Å². The fourth-order valence-electron chi connectivity index (χ4n) is 1.49. The minimum atomic E-state index is -3.31. The molecule has 0 bridgehead atoms. The molecule has 0 saturated carbocycles. The number of carboxylic acids is 1. The Bertz CT molecular complexity index is 619. The molecular weight excluding hydrogens is 300 g/mol. The normalized spacial score (nSPS) is 13.1. The molecule has 1 amide bonds. The minimum Gasteiger partial charge on any atom is -0.480 e. The first-order valence-electron chi connectivity index (χ1n) is 6.28. The lowest BCUT2D eigenvalue weighted by Crippen LogP contribution is -2.42. The van der Waals surface area contributed by atoms with Gasteiger partial charge in [0, 0.05) is 18.2 Å². The van der Waals surface area contributed by atoms with Crippen molar-refractivity contribution < 1.29 is 27.6 Å². The lowest BCUT2D eigenvalue weighted by Gasteiger charge is -2.12. The molecule has 0 fully saturated rings. The van der Waals surface area contributed by atoms with E-state index in [-0.39, 0.29) is 23.8 Å². The van der Waals surface area contributed by atoms with Crippen LogP contribution in [0, 0.1) is 0 Å². The number of carbonyl (C=O) groups excluding carboxylic acids is 1. The molecule has 1 atom stereocenters. The Morgan fingerprint density at radius 1 is 1.43 bits per heavy atom. The molecule has 0 aliphatic rings. The van der Waals surface area contributed by atoms with Gasteiger partial charge in [-0.15, -0.1) is 0 Å². The van der Waals surface area contributed by atoms with Gasteiger partial charge in [0.05, 0.1) is 5.75 Å². The second-order valence-corrected chi connectivity index (χ2v) is 7.31. The van der Waals surface area contributed by atoms with Crippen LogP contribution in [0.1, 0.15) is 42.4 Å². The van der Waals surface area contributed by atoms with E-state index in [1.165, 1.54) is 6.07 Å². The van der Waals surface area contributed by atoms with Crippen molar-refractivity contribution in [1.82, 2.24) is 10.5 Å². The topological polar surface area (TPSA) is 127 Å². The average Bonchev–Trinajstić information content (AvgIpc) is 2.82. The smallest absolute Gasteiger partial charge is 0.326 e. The van der Waals surface area contributed by atoms with Gasteiger partial charge in [0.1, 0.15) is 21.6 Å². The maximum absolute atomic E-state index is 11.9. The lowest BCUT2D eigenvalue weighted by molar-refractivity contribution is -0.139. The summed E-state index contributed by atoms with van der Waals surface area (Å²) >= 11 is 0. The van der Waals surface area contributed by atoms with Crippen molar-refractivity contribution in [3.63, 3.8) is 0 Å². The number of aliphatic carboxylic acids is 1. The average molecular weight is 318 g/mol. The van der Waals surface area contributed by atoms with Crippen LogP contribution in [0.25, 0.3) is 0 Å². The zero-order chi connectivity index (χ0) is 16.2. The molecule has 9 heteroatoms. The van der Waals surface area contributed by atoms with Crippen molar-refractivity contribution in [2.45, 2.75) is 32.2 Å². The molecule has 2 N–H and O–H groups in total. The first-order chi connectivity index (χ1) is 9.60. The highest BCUT2D eigenvalue weighted by Crippen LogP contribution is 2.15. The SMILES string of the molecule is CC(C)c1cc(C(=O)N[C@@H](CCS(C)(=O)=O)C(=O)O)no1. The Labute approximate surface area is 122 Å². The van der Waals surface area contributed by atoms with Gasteiger partial charge in [-0.05, 0) is 6.42 Å². The Kier molecular flexibility index (Phi) is 5.47. The second-order valence-electron chi connectivity index (χ2n) is 5.05. The highest BCUT2D eigenvalue weighted by molar-refractivity contribution is 7.90. The molecule has 1 aromatic heterocycles. The van der Waals surface area contributed by atoms with Gasteiger partial charge in [0.25, 0.3) is 5.91 Å². The summed E-state index contributed by atoms with van der Waals surface area (Å²) in [6.45, 7) is 3.71. The van der Waals surface area contributed by atoms with Crippen LogP contribution in [-0.2, 0) is 14.6 Å². The van der Waals surface area contributed by atoms with Gasteiger partial charge in [0.2, 0.25) is 0 Å². The van der Waals surface area contributed by atoms with Crippen LogP contribution in [-0.4, -0.2) is 48.6 Å². The number of hydrogen-bond acceptors (Lipinski definition) is 6.